The Morgan fingerprint density at radius 2 is 1.35 bits per heavy atom. The van der Waals surface area contributed by atoms with Crippen LogP contribution in [0.1, 0.15) is 23.0 Å². The molecular weight excluding hydrogens is 337 g/mol. The Hall–Kier alpha value is -2.08. The fraction of sp³-hybridized carbons (Fsp3) is 0.125. The fourth-order valence-corrected chi connectivity index (χ4v) is 3.03. The Bertz CT molecular complexity index is 758. The molecule has 0 aromatic heterocycles. The molecule has 3 N–H and O–H groups in total. The van der Waals surface area contributed by atoms with E-state index in [0.29, 0.717) is 15.9 Å². The van der Waals surface area contributed by atoms with Gasteiger partial charge in [-0.3, -0.25) is 10.7 Å². The van der Waals surface area contributed by atoms with Gasteiger partial charge in [-0.25, -0.2) is 4.99 Å². The molecule has 0 saturated heterocycles. The first-order valence-electron chi connectivity index (χ1n) is 6.85. The standard InChI is InChI=1S/C16H13Cl2N3O2/c17-11-5-1-9(2-6-11)13-14(10-3-7-12(18)8-4-10)16(21-23)19-15(13)20-22/h1-8,13-14,22-23H,(H,19,20,21). The van der Waals surface area contributed by atoms with Crippen molar-refractivity contribution < 1.29 is 10.4 Å². The zero-order valence-corrected chi connectivity index (χ0v) is 13.3. The van der Waals surface area contributed by atoms with Crippen LogP contribution >= 0.6 is 23.2 Å². The average molecular weight is 350 g/mol. The molecule has 2 aromatic rings. The van der Waals surface area contributed by atoms with Crippen molar-refractivity contribution in [1.29, 1.82) is 0 Å². The van der Waals surface area contributed by atoms with Crippen molar-refractivity contribution in [2.24, 2.45) is 10.1 Å². The molecule has 0 radical (unpaired) electrons. The van der Waals surface area contributed by atoms with Gasteiger partial charge in [0.15, 0.2) is 5.84 Å². The van der Waals surface area contributed by atoms with Gasteiger partial charge in [0.25, 0.3) is 0 Å². The average Bonchev–Trinajstić information content (AvgIpc) is 2.95. The monoisotopic (exact) mass is 349 g/mol. The van der Waals surface area contributed by atoms with E-state index < -0.39 is 0 Å². The SMILES string of the molecule is ON=C1N=C(NO)C(c2ccc(Cl)cc2)C1c1ccc(Cl)cc1. The number of aliphatic imine (C=N–C) groups is 1. The van der Waals surface area contributed by atoms with Crippen molar-refractivity contribution in [3.8, 4) is 0 Å². The second kappa shape index (κ2) is 6.58. The van der Waals surface area contributed by atoms with Crippen LogP contribution < -0.4 is 5.48 Å². The Labute approximate surface area is 142 Å². The summed E-state index contributed by atoms with van der Waals surface area (Å²) in [5, 5.41) is 23.2. The zero-order chi connectivity index (χ0) is 16.4. The molecule has 1 heterocycles. The first-order valence-corrected chi connectivity index (χ1v) is 7.61. The molecule has 5 nitrogen and oxygen atoms in total. The lowest BCUT2D eigenvalue weighted by Crippen LogP contribution is -2.26. The van der Waals surface area contributed by atoms with Crippen molar-refractivity contribution in [2.75, 3.05) is 0 Å². The number of benzene rings is 2. The molecule has 2 aromatic carbocycles. The maximum Gasteiger partial charge on any atom is 0.177 e. The van der Waals surface area contributed by atoms with Crippen LogP contribution in [0.25, 0.3) is 0 Å². The molecule has 118 valence electrons. The molecule has 0 amide bonds. The summed E-state index contributed by atoms with van der Waals surface area (Å²) < 4.78 is 0. The van der Waals surface area contributed by atoms with Crippen LogP contribution in [-0.2, 0) is 0 Å². The summed E-state index contributed by atoms with van der Waals surface area (Å²) in [6.07, 6.45) is 0. The van der Waals surface area contributed by atoms with E-state index in [1.165, 1.54) is 0 Å². The number of nitrogens with one attached hydrogen (secondary N) is 1. The van der Waals surface area contributed by atoms with E-state index in [4.69, 9.17) is 23.2 Å². The summed E-state index contributed by atoms with van der Waals surface area (Å²) in [5.74, 6) is -0.165. The van der Waals surface area contributed by atoms with Gasteiger partial charge in [0.1, 0.15) is 5.84 Å². The van der Waals surface area contributed by atoms with E-state index in [2.05, 4.69) is 15.6 Å². The van der Waals surface area contributed by atoms with Crippen LogP contribution in [-0.4, -0.2) is 22.1 Å². The molecule has 0 bridgehead atoms. The maximum atomic E-state index is 9.41. The van der Waals surface area contributed by atoms with Gasteiger partial charge in [-0.15, -0.1) is 0 Å². The van der Waals surface area contributed by atoms with Gasteiger partial charge in [-0.05, 0) is 35.4 Å². The maximum absolute atomic E-state index is 9.41. The molecule has 0 aliphatic carbocycles. The Morgan fingerprint density at radius 3 is 1.78 bits per heavy atom. The van der Waals surface area contributed by atoms with Crippen LogP contribution in [0, 0.1) is 0 Å². The Kier molecular flexibility index (Phi) is 4.52. The Morgan fingerprint density at radius 1 is 0.870 bits per heavy atom. The summed E-state index contributed by atoms with van der Waals surface area (Å²) in [5.41, 5.74) is 3.86. The largest absolute Gasteiger partial charge is 0.409 e. The van der Waals surface area contributed by atoms with Crippen molar-refractivity contribution in [2.45, 2.75) is 11.8 Å². The highest BCUT2D eigenvalue weighted by Gasteiger charge is 2.39. The highest BCUT2D eigenvalue weighted by molar-refractivity contribution is 6.30. The van der Waals surface area contributed by atoms with Crippen LogP contribution in [0.2, 0.25) is 10.0 Å². The third-order valence-corrected chi connectivity index (χ3v) is 4.32. The van der Waals surface area contributed by atoms with Crippen molar-refractivity contribution in [3.63, 3.8) is 0 Å². The van der Waals surface area contributed by atoms with E-state index in [1.54, 1.807) is 24.3 Å². The molecule has 0 spiro atoms. The number of amidine groups is 2. The zero-order valence-electron chi connectivity index (χ0n) is 11.8. The molecule has 0 saturated carbocycles. The van der Waals surface area contributed by atoms with E-state index in [9.17, 15) is 10.4 Å². The summed E-state index contributed by atoms with van der Waals surface area (Å²) in [6, 6.07) is 14.4. The lowest BCUT2D eigenvalue weighted by Gasteiger charge is -2.21. The van der Waals surface area contributed by atoms with Crippen LogP contribution in [0.15, 0.2) is 58.7 Å². The molecule has 2 atom stereocenters. The first kappa shape index (κ1) is 15.8. The summed E-state index contributed by atoms with van der Waals surface area (Å²) in [7, 11) is 0. The van der Waals surface area contributed by atoms with Crippen LogP contribution in [0.4, 0.5) is 0 Å². The van der Waals surface area contributed by atoms with Gasteiger partial charge in [-0.1, -0.05) is 52.6 Å². The molecule has 1 aliphatic rings. The van der Waals surface area contributed by atoms with Crippen molar-refractivity contribution >= 4 is 34.9 Å². The Balaban J connectivity index is 2.09. The summed E-state index contributed by atoms with van der Waals surface area (Å²) >= 11 is 11.9. The first-order chi connectivity index (χ1) is 11.1. The number of hydroxylamine groups is 1. The number of halogens is 2. The van der Waals surface area contributed by atoms with E-state index in [-0.39, 0.29) is 17.7 Å². The smallest absolute Gasteiger partial charge is 0.177 e. The topological polar surface area (TPSA) is 77.2 Å². The number of hydrogen-bond acceptors (Lipinski definition) is 4. The quantitative estimate of drug-likeness (QED) is 0.565. The summed E-state index contributed by atoms with van der Waals surface area (Å²) in [4.78, 5) is 4.18. The minimum atomic E-state index is -0.354. The molecule has 0 fully saturated rings. The fourth-order valence-electron chi connectivity index (χ4n) is 2.78. The molecule has 2 unspecified atom stereocenters. The predicted octanol–water partition coefficient (Wildman–Crippen LogP) is 4.04. The van der Waals surface area contributed by atoms with Crippen molar-refractivity contribution in [1.82, 2.24) is 5.48 Å². The van der Waals surface area contributed by atoms with Crippen molar-refractivity contribution in [3.05, 3.63) is 69.7 Å². The number of nitrogens with zero attached hydrogens (tertiary/aromatic N) is 2. The number of oxime groups is 1. The predicted molar refractivity (Wildman–Crippen MR) is 90.0 cm³/mol. The van der Waals surface area contributed by atoms with E-state index in [0.717, 1.165) is 11.1 Å². The van der Waals surface area contributed by atoms with Gasteiger partial charge >= 0.3 is 0 Å². The van der Waals surface area contributed by atoms with Gasteiger partial charge in [-0.2, -0.15) is 0 Å². The lowest BCUT2D eigenvalue weighted by atomic mass is 9.82. The van der Waals surface area contributed by atoms with Crippen LogP contribution in [0.5, 0.6) is 0 Å². The van der Waals surface area contributed by atoms with Gasteiger partial charge in [0.05, 0.1) is 11.8 Å². The molecule has 7 heteroatoms. The van der Waals surface area contributed by atoms with E-state index in [1.807, 2.05) is 24.3 Å². The highest BCUT2D eigenvalue weighted by Crippen LogP contribution is 2.40. The minimum absolute atomic E-state index is 0.212. The molecular formula is C16H13Cl2N3O2. The third kappa shape index (κ3) is 3.03. The summed E-state index contributed by atoms with van der Waals surface area (Å²) in [6.45, 7) is 0. The lowest BCUT2D eigenvalue weighted by molar-refractivity contribution is 0.231. The third-order valence-electron chi connectivity index (χ3n) is 3.82. The molecule has 23 heavy (non-hydrogen) atoms. The highest BCUT2D eigenvalue weighted by atomic mass is 35.5. The number of hydrogen-bond donors (Lipinski definition) is 3. The van der Waals surface area contributed by atoms with Gasteiger partial charge in [0.2, 0.25) is 0 Å². The van der Waals surface area contributed by atoms with E-state index >= 15 is 0 Å². The number of rotatable bonds is 2. The normalized spacial score (nSPS) is 22.2. The second-order valence-corrected chi connectivity index (χ2v) is 6.00. The van der Waals surface area contributed by atoms with Crippen LogP contribution in [0.3, 0.4) is 0 Å². The van der Waals surface area contributed by atoms with Gasteiger partial charge in [0, 0.05) is 10.0 Å². The minimum Gasteiger partial charge on any atom is -0.409 e. The second-order valence-electron chi connectivity index (χ2n) is 5.13. The molecule has 3 rings (SSSR count). The van der Waals surface area contributed by atoms with Gasteiger partial charge < -0.3 is 5.21 Å². The molecule has 1 aliphatic heterocycles.